The van der Waals surface area contributed by atoms with E-state index in [0.29, 0.717) is 23.2 Å². The average Bonchev–Trinajstić information content (AvgIpc) is 3.56. The molecular weight excluding hydrogens is 476 g/mol. The molecule has 8 nitrogen and oxygen atoms in total. The summed E-state index contributed by atoms with van der Waals surface area (Å²) in [5, 5.41) is 3.41. The van der Waals surface area contributed by atoms with Gasteiger partial charge in [-0.1, -0.05) is 36.4 Å². The Morgan fingerprint density at radius 3 is 2.55 bits per heavy atom. The summed E-state index contributed by atoms with van der Waals surface area (Å²) in [4.78, 5) is 34.7. The standard InChI is InChI=1S/C30H30N6O2/c1-34-24-10-4-5-11-25(24)36-28-22(12-13-23(33-28)21-9-3-2-8-20(21)14-15-31)27(37)26(30(34)36)29(38)32-16-19-35-17-6-7-18-35/h2-5,8-15H,6-7,16-19,31H2,1H3,(H,32,38)/b15-14+. The van der Waals surface area contributed by atoms with Gasteiger partial charge in [-0.2, -0.15) is 0 Å². The first-order chi connectivity index (χ1) is 18.6. The lowest BCUT2D eigenvalue weighted by atomic mass is 10.0. The maximum Gasteiger partial charge on any atom is 0.259 e. The summed E-state index contributed by atoms with van der Waals surface area (Å²) in [6, 6.07) is 19.3. The molecule has 0 saturated carbocycles. The second kappa shape index (κ2) is 9.79. The maximum absolute atomic E-state index is 13.9. The Morgan fingerprint density at radius 2 is 1.76 bits per heavy atom. The molecule has 0 aliphatic carbocycles. The van der Waals surface area contributed by atoms with E-state index in [-0.39, 0.29) is 16.9 Å². The molecule has 0 atom stereocenters. The number of hydrogen-bond acceptors (Lipinski definition) is 5. The first-order valence-corrected chi connectivity index (χ1v) is 13.0. The minimum Gasteiger partial charge on any atom is -0.405 e. The third-order valence-electron chi connectivity index (χ3n) is 7.45. The molecule has 0 unspecified atom stereocenters. The van der Waals surface area contributed by atoms with Crippen molar-refractivity contribution in [3.63, 3.8) is 0 Å². The number of aromatic nitrogens is 3. The molecule has 38 heavy (non-hydrogen) atoms. The van der Waals surface area contributed by atoms with Crippen LogP contribution < -0.4 is 16.5 Å². The number of carbonyl (C=O) groups excluding carboxylic acids is 1. The van der Waals surface area contributed by atoms with Gasteiger partial charge in [-0.3, -0.25) is 14.0 Å². The fourth-order valence-electron chi connectivity index (χ4n) is 5.60. The average molecular weight is 507 g/mol. The van der Waals surface area contributed by atoms with Crippen molar-refractivity contribution < 1.29 is 4.79 Å². The summed E-state index contributed by atoms with van der Waals surface area (Å²) < 4.78 is 3.84. The molecule has 1 fully saturated rings. The molecule has 3 aromatic heterocycles. The molecule has 0 radical (unpaired) electrons. The van der Waals surface area contributed by atoms with E-state index in [9.17, 15) is 9.59 Å². The predicted molar refractivity (Wildman–Crippen MR) is 152 cm³/mol. The van der Waals surface area contributed by atoms with Crippen molar-refractivity contribution in [3.05, 3.63) is 88.2 Å². The third-order valence-corrected chi connectivity index (χ3v) is 7.45. The molecule has 1 amide bonds. The van der Waals surface area contributed by atoms with E-state index in [1.165, 1.54) is 19.0 Å². The Bertz CT molecular complexity index is 1780. The fourth-order valence-corrected chi connectivity index (χ4v) is 5.60. The quantitative estimate of drug-likeness (QED) is 0.366. The zero-order valence-corrected chi connectivity index (χ0v) is 21.4. The van der Waals surface area contributed by atoms with Gasteiger partial charge in [0.25, 0.3) is 5.91 Å². The van der Waals surface area contributed by atoms with Crippen LogP contribution in [0.1, 0.15) is 28.8 Å². The van der Waals surface area contributed by atoms with Gasteiger partial charge in [0, 0.05) is 25.7 Å². The number of nitrogens with two attached hydrogens (primary N) is 1. The molecule has 2 aromatic carbocycles. The van der Waals surface area contributed by atoms with Gasteiger partial charge in [0.1, 0.15) is 11.2 Å². The van der Waals surface area contributed by atoms with Crippen LogP contribution in [0, 0.1) is 0 Å². The second-order valence-electron chi connectivity index (χ2n) is 9.73. The van der Waals surface area contributed by atoms with Crippen molar-refractivity contribution in [3.8, 4) is 11.3 Å². The van der Waals surface area contributed by atoms with Crippen molar-refractivity contribution in [2.75, 3.05) is 26.2 Å². The lowest BCUT2D eigenvalue weighted by Gasteiger charge is -2.15. The number of likely N-dealkylation sites (tertiary alicyclic amines) is 1. The molecule has 192 valence electrons. The van der Waals surface area contributed by atoms with Crippen molar-refractivity contribution in [2.45, 2.75) is 12.8 Å². The Balaban J connectivity index is 1.56. The molecule has 6 rings (SSSR count). The van der Waals surface area contributed by atoms with Crippen molar-refractivity contribution >= 4 is 39.7 Å². The highest BCUT2D eigenvalue weighted by molar-refractivity contribution is 6.06. The minimum absolute atomic E-state index is 0.138. The van der Waals surface area contributed by atoms with Crippen molar-refractivity contribution in [1.29, 1.82) is 0 Å². The van der Waals surface area contributed by atoms with Crippen LogP contribution in [0.4, 0.5) is 0 Å². The van der Waals surface area contributed by atoms with E-state index < -0.39 is 0 Å². The van der Waals surface area contributed by atoms with E-state index in [2.05, 4.69) is 10.2 Å². The molecule has 1 saturated heterocycles. The summed E-state index contributed by atoms with van der Waals surface area (Å²) in [5.74, 6) is -0.359. The lowest BCUT2D eigenvalue weighted by Crippen LogP contribution is -2.36. The molecule has 1 aliphatic rings. The Hall–Kier alpha value is -4.43. The van der Waals surface area contributed by atoms with Crippen LogP contribution in [0.3, 0.4) is 0 Å². The zero-order chi connectivity index (χ0) is 26.2. The number of pyridine rings is 2. The molecular formula is C30H30N6O2. The summed E-state index contributed by atoms with van der Waals surface area (Å²) in [7, 11) is 1.88. The van der Waals surface area contributed by atoms with Crippen LogP contribution in [-0.4, -0.2) is 50.9 Å². The highest BCUT2D eigenvalue weighted by Gasteiger charge is 2.24. The summed E-state index contributed by atoms with van der Waals surface area (Å²) in [6.45, 7) is 3.38. The number of hydrogen-bond donors (Lipinski definition) is 2. The van der Waals surface area contributed by atoms with Gasteiger partial charge in [-0.25, -0.2) is 4.98 Å². The van der Waals surface area contributed by atoms with Gasteiger partial charge in [0.05, 0.1) is 22.1 Å². The maximum atomic E-state index is 13.9. The highest BCUT2D eigenvalue weighted by Crippen LogP contribution is 2.29. The van der Waals surface area contributed by atoms with E-state index >= 15 is 0 Å². The number of benzene rings is 2. The van der Waals surface area contributed by atoms with Gasteiger partial charge in [0.2, 0.25) is 5.43 Å². The molecule has 1 aliphatic heterocycles. The third kappa shape index (κ3) is 3.94. The van der Waals surface area contributed by atoms with Crippen LogP contribution in [0.15, 0.2) is 71.7 Å². The van der Waals surface area contributed by atoms with Crippen LogP contribution in [0.25, 0.3) is 45.0 Å². The van der Waals surface area contributed by atoms with E-state index in [1.807, 2.05) is 76.7 Å². The molecule has 4 heterocycles. The van der Waals surface area contributed by atoms with Gasteiger partial charge in [-0.05, 0) is 68.0 Å². The van der Waals surface area contributed by atoms with Gasteiger partial charge in [0.15, 0.2) is 5.65 Å². The summed E-state index contributed by atoms with van der Waals surface area (Å²) in [6.07, 6.45) is 5.72. The van der Waals surface area contributed by atoms with Crippen LogP contribution >= 0.6 is 0 Å². The number of imidazole rings is 1. The van der Waals surface area contributed by atoms with Crippen molar-refractivity contribution in [2.24, 2.45) is 12.8 Å². The molecule has 3 N–H and O–H groups in total. The monoisotopic (exact) mass is 506 g/mol. The number of fused-ring (bicyclic) bond motifs is 5. The largest absolute Gasteiger partial charge is 0.405 e. The number of amides is 1. The predicted octanol–water partition coefficient (Wildman–Crippen LogP) is 3.76. The van der Waals surface area contributed by atoms with Crippen LogP contribution in [0.5, 0.6) is 0 Å². The van der Waals surface area contributed by atoms with Crippen LogP contribution in [0.2, 0.25) is 0 Å². The topological polar surface area (TPSA) is 97.7 Å². The van der Waals surface area contributed by atoms with E-state index in [0.717, 1.165) is 47.5 Å². The Morgan fingerprint density at radius 1 is 1.03 bits per heavy atom. The number of para-hydroxylation sites is 2. The van der Waals surface area contributed by atoms with E-state index in [1.54, 1.807) is 6.07 Å². The van der Waals surface area contributed by atoms with Gasteiger partial charge in [-0.15, -0.1) is 0 Å². The first-order valence-electron chi connectivity index (χ1n) is 13.0. The zero-order valence-electron chi connectivity index (χ0n) is 21.4. The Labute approximate surface area is 220 Å². The molecule has 5 aromatic rings. The minimum atomic E-state index is -0.359. The SMILES string of the molecule is Cn1c2ccccc2n2c3nc(-c4ccccc4/C=C/N)ccc3c(=O)c(C(=O)NCCN3CCCC3)c12. The fraction of sp³-hybridized carbons (Fsp3) is 0.233. The normalized spacial score (nSPS) is 14.3. The number of carbonyl (C=O) groups is 1. The second-order valence-corrected chi connectivity index (χ2v) is 9.73. The van der Waals surface area contributed by atoms with E-state index in [4.69, 9.17) is 10.7 Å². The summed E-state index contributed by atoms with van der Waals surface area (Å²) in [5.41, 5.74) is 10.9. The van der Waals surface area contributed by atoms with Crippen LogP contribution in [-0.2, 0) is 7.05 Å². The van der Waals surface area contributed by atoms with Gasteiger partial charge < -0.3 is 20.5 Å². The lowest BCUT2D eigenvalue weighted by molar-refractivity contribution is 0.0950. The van der Waals surface area contributed by atoms with Gasteiger partial charge >= 0.3 is 0 Å². The van der Waals surface area contributed by atoms with Crippen molar-refractivity contribution in [1.82, 2.24) is 24.2 Å². The number of rotatable bonds is 6. The molecule has 0 spiro atoms. The number of aryl methyl sites for hydroxylation is 1. The highest BCUT2D eigenvalue weighted by atomic mass is 16.2. The Kier molecular flexibility index (Phi) is 6.17. The summed E-state index contributed by atoms with van der Waals surface area (Å²) >= 11 is 0. The molecule has 0 bridgehead atoms. The first kappa shape index (κ1) is 23.9. The molecule has 8 heteroatoms. The number of nitrogens with one attached hydrogen (secondary N) is 1. The number of nitrogens with zero attached hydrogens (tertiary/aromatic N) is 4. The smallest absolute Gasteiger partial charge is 0.259 e.